The number of fused-ring (bicyclic) bond motifs is 1. The molecule has 3 rings (SSSR count). The van der Waals surface area contributed by atoms with Crippen LogP contribution in [0.1, 0.15) is 28.4 Å². The van der Waals surface area contributed by atoms with E-state index in [1.165, 1.54) is 7.11 Å². The van der Waals surface area contributed by atoms with E-state index in [2.05, 4.69) is 15.3 Å². The van der Waals surface area contributed by atoms with Crippen LogP contribution < -0.4 is 11.1 Å². The standard InChI is InChI=1S/C22H23N5O3/c1-13(27-21(28)16-6-7-18-19(12-16)26-9-8-25-18)17(22(29)30-2)11-14-4-3-5-15(10-14)20(23)24/h3-10,12-13,17H,11H2,1-2H3,(H3,23,24)(H,27,28). The second-order valence-corrected chi connectivity index (χ2v) is 6.97. The summed E-state index contributed by atoms with van der Waals surface area (Å²) < 4.78 is 4.95. The lowest BCUT2D eigenvalue weighted by atomic mass is 9.92. The fourth-order valence-electron chi connectivity index (χ4n) is 3.23. The molecule has 1 amide bonds. The highest BCUT2D eigenvalue weighted by Gasteiger charge is 2.28. The van der Waals surface area contributed by atoms with Crippen molar-refractivity contribution in [2.24, 2.45) is 11.7 Å². The van der Waals surface area contributed by atoms with Crippen LogP contribution in [0.3, 0.4) is 0 Å². The first kappa shape index (κ1) is 20.9. The van der Waals surface area contributed by atoms with Gasteiger partial charge in [0.25, 0.3) is 5.91 Å². The van der Waals surface area contributed by atoms with Crippen molar-refractivity contribution >= 4 is 28.7 Å². The number of carbonyl (C=O) groups excluding carboxylic acids is 2. The van der Waals surface area contributed by atoms with Gasteiger partial charge in [-0.2, -0.15) is 0 Å². The number of nitrogens with one attached hydrogen (secondary N) is 2. The van der Waals surface area contributed by atoms with E-state index in [-0.39, 0.29) is 11.7 Å². The van der Waals surface area contributed by atoms with Crippen molar-refractivity contribution in [3.8, 4) is 0 Å². The molecule has 3 aromatic rings. The van der Waals surface area contributed by atoms with Gasteiger partial charge in [-0.1, -0.05) is 18.2 Å². The predicted octanol–water partition coefficient (Wildman–Crippen LogP) is 2.06. The monoisotopic (exact) mass is 405 g/mol. The Morgan fingerprint density at radius 2 is 1.83 bits per heavy atom. The van der Waals surface area contributed by atoms with Gasteiger partial charge in [0.15, 0.2) is 0 Å². The van der Waals surface area contributed by atoms with Crippen LogP contribution in [-0.4, -0.2) is 40.8 Å². The highest BCUT2D eigenvalue weighted by molar-refractivity contribution is 5.97. The molecule has 154 valence electrons. The van der Waals surface area contributed by atoms with Gasteiger partial charge in [-0.25, -0.2) is 0 Å². The molecule has 1 heterocycles. The van der Waals surface area contributed by atoms with Crippen LogP contribution >= 0.6 is 0 Å². The van der Waals surface area contributed by atoms with E-state index in [1.54, 1.807) is 55.7 Å². The number of esters is 1. The number of nitrogens with two attached hydrogens (primary N) is 1. The first-order valence-electron chi connectivity index (χ1n) is 9.42. The minimum absolute atomic E-state index is 0.0489. The molecular formula is C22H23N5O3. The van der Waals surface area contributed by atoms with Crippen molar-refractivity contribution in [1.29, 1.82) is 5.41 Å². The predicted molar refractivity (Wildman–Crippen MR) is 113 cm³/mol. The fourth-order valence-corrected chi connectivity index (χ4v) is 3.23. The maximum atomic E-state index is 12.8. The maximum Gasteiger partial charge on any atom is 0.311 e. The van der Waals surface area contributed by atoms with Gasteiger partial charge in [0.2, 0.25) is 0 Å². The number of benzene rings is 2. The summed E-state index contributed by atoms with van der Waals surface area (Å²) in [6.07, 6.45) is 3.49. The molecule has 30 heavy (non-hydrogen) atoms. The van der Waals surface area contributed by atoms with E-state index in [4.69, 9.17) is 15.9 Å². The van der Waals surface area contributed by atoms with Crippen molar-refractivity contribution < 1.29 is 14.3 Å². The third-order valence-electron chi connectivity index (χ3n) is 4.89. The lowest BCUT2D eigenvalue weighted by molar-refractivity contribution is -0.146. The molecule has 0 saturated heterocycles. The molecular weight excluding hydrogens is 382 g/mol. The van der Waals surface area contributed by atoms with Crippen LogP contribution in [0.5, 0.6) is 0 Å². The lowest BCUT2D eigenvalue weighted by Crippen LogP contribution is -2.42. The number of rotatable bonds is 7. The number of amides is 1. The zero-order chi connectivity index (χ0) is 21.7. The smallest absolute Gasteiger partial charge is 0.311 e. The molecule has 2 atom stereocenters. The van der Waals surface area contributed by atoms with Crippen LogP contribution in [0.15, 0.2) is 54.9 Å². The van der Waals surface area contributed by atoms with Crippen molar-refractivity contribution in [3.63, 3.8) is 0 Å². The number of ether oxygens (including phenoxy) is 1. The summed E-state index contributed by atoms with van der Waals surface area (Å²) in [4.78, 5) is 33.6. The molecule has 2 unspecified atom stereocenters. The van der Waals surface area contributed by atoms with Crippen molar-refractivity contribution in [2.45, 2.75) is 19.4 Å². The summed E-state index contributed by atoms with van der Waals surface area (Å²) in [7, 11) is 1.32. The number of nitrogen functional groups attached to an aromatic ring is 1. The number of aromatic nitrogens is 2. The molecule has 0 bridgehead atoms. The normalized spacial score (nSPS) is 12.7. The van der Waals surface area contributed by atoms with Crippen molar-refractivity contribution in [3.05, 3.63) is 71.5 Å². The summed E-state index contributed by atoms with van der Waals surface area (Å²) in [5.74, 6) is -1.41. The summed E-state index contributed by atoms with van der Waals surface area (Å²) in [6, 6.07) is 11.7. The number of amidine groups is 1. The molecule has 1 aromatic heterocycles. The fraction of sp³-hybridized carbons (Fsp3) is 0.227. The van der Waals surface area contributed by atoms with Gasteiger partial charge in [0, 0.05) is 29.6 Å². The van der Waals surface area contributed by atoms with Crippen LogP contribution in [-0.2, 0) is 16.0 Å². The number of hydrogen-bond acceptors (Lipinski definition) is 6. The highest BCUT2D eigenvalue weighted by atomic mass is 16.5. The van der Waals surface area contributed by atoms with Crippen LogP contribution in [0.4, 0.5) is 0 Å². The molecule has 8 heteroatoms. The van der Waals surface area contributed by atoms with Crippen molar-refractivity contribution in [2.75, 3.05) is 7.11 Å². The zero-order valence-corrected chi connectivity index (χ0v) is 16.8. The largest absolute Gasteiger partial charge is 0.469 e. The van der Waals surface area contributed by atoms with Gasteiger partial charge in [-0.15, -0.1) is 0 Å². The third kappa shape index (κ3) is 4.78. The van der Waals surface area contributed by atoms with Crippen LogP contribution in [0.25, 0.3) is 11.0 Å². The molecule has 0 aliphatic rings. The molecule has 0 fully saturated rings. The van der Waals surface area contributed by atoms with Crippen LogP contribution in [0, 0.1) is 11.3 Å². The van der Waals surface area contributed by atoms with Gasteiger partial charge in [-0.05, 0) is 43.2 Å². The zero-order valence-electron chi connectivity index (χ0n) is 16.8. The van der Waals surface area contributed by atoms with E-state index in [0.29, 0.717) is 28.6 Å². The minimum Gasteiger partial charge on any atom is -0.469 e. The van der Waals surface area contributed by atoms with Gasteiger partial charge in [-0.3, -0.25) is 25.0 Å². The Hall–Kier alpha value is -3.81. The Kier molecular flexibility index (Phi) is 6.36. The molecule has 2 aromatic carbocycles. The quantitative estimate of drug-likeness (QED) is 0.313. The van der Waals surface area contributed by atoms with E-state index < -0.39 is 17.9 Å². The number of carbonyl (C=O) groups is 2. The van der Waals surface area contributed by atoms with Gasteiger partial charge in [0.1, 0.15) is 5.84 Å². The van der Waals surface area contributed by atoms with E-state index in [0.717, 1.165) is 5.56 Å². The Morgan fingerprint density at radius 3 is 2.53 bits per heavy atom. The Balaban J connectivity index is 1.78. The second-order valence-electron chi connectivity index (χ2n) is 6.97. The van der Waals surface area contributed by atoms with Gasteiger partial charge >= 0.3 is 5.97 Å². The average molecular weight is 405 g/mol. The lowest BCUT2D eigenvalue weighted by Gasteiger charge is -2.23. The summed E-state index contributed by atoms with van der Waals surface area (Å²) in [6.45, 7) is 1.76. The first-order chi connectivity index (χ1) is 14.4. The Morgan fingerprint density at radius 1 is 1.10 bits per heavy atom. The molecule has 8 nitrogen and oxygen atoms in total. The summed E-state index contributed by atoms with van der Waals surface area (Å²) in [5, 5.41) is 10.5. The Bertz CT molecular complexity index is 1100. The summed E-state index contributed by atoms with van der Waals surface area (Å²) >= 11 is 0. The molecule has 0 aliphatic carbocycles. The molecule has 0 spiro atoms. The highest BCUT2D eigenvalue weighted by Crippen LogP contribution is 2.17. The number of nitrogens with zero attached hydrogens (tertiary/aromatic N) is 2. The Labute approximate surface area is 174 Å². The van der Waals surface area contributed by atoms with Gasteiger partial charge < -0.3 is 15.8 Å². The second kappa shape index (κ2) is 9.13. The van der Waals surface area contributed by atoms with Gasteiger partial charge in [0.05, 0.1) is 24.1 Å². The molecule has 0 radical (unpaired) electrons. The van der Waals surface area contributed by atoms with E-state index in [1.807, 2.05) is 6.07 Å². The molecule has 4 N–H and O–H groups in total. The van der Waals surface area contributed by atoms with Crippen LogP contribution in [0.2, 0.25) is 0 Å². The number of methoxy groups -OCH3 is 1. The number of hydrogen-bond donors (Lipinski definition) is 3. The van der Waals surface area contributed by atoms with Crippen molar-refractivity contribution in [1.82, 2.24) is 15.3 Å². The average Bonchev–Trinajstić information content (AvgIpc) is 2.76. The van der Waals surface area contributed by atoms with E-state index >= 15 is 0 Å². The maximum absolute atomic E-state index is 12.8. The minimum atomic E-state index is -0.610. The third-order valence-corrected chi connectivity index (χ3v) is 4.89. The summed E-state index contributed by atoms with van der Waals surface area (Å²) in [5.41, 5.74) is 8.68. The van der Waals surface area contributed by atoms with E-state index in [9.17, 15) is 9.59 Å². The first-order valence-corrected chi connectivity index (χ1v) is 9.42. The molecule has 0 aliphatic heterocycles. The topological polar surface area (TPSA) is 131 Å². The molecule has 0 saturated carbocycles. The SMILES string of the molecule is COC(=O)C(Cc1cccc(C(=N)N)c1)C(C)NC(=O)c1ccc2nccnc2c1.